The molecule has 3 aromatic rings. The van der Waals surface area contributed by atoms with Crippen LogP contribution in [0.2, 0.25) is 0 Å². The van der Waals surface area contributed by atoms with E-state index in [0.29, 0.717) is 48.5 Å². The van der Waals surface area contributed by atoms with Crippen molar-refractivity contribution in [1.82, 2.24) is 19.9 Å². The van der Waals surface area contributed by atoms with Crippen LogP contribution in [0.25, 0.3) is 11.3 Å². The summed E-state index contributed by atoms with van der Waals surface area (Å²) in [5.74, 6) is -0.216. The maximum Gasteiger partial charge on any atom is 0.511 e. The maximum absolute atomic E-state index is 13.1. The molecule has 13 heteroatoms. The fraction of sp³-hybridized carbons (Fsp3) is 0.528. The summed E-state index contributed by atoms with van der Waals surface area (Å²) in [4.78, 5) is 39.8. The highest BCUT2D eigenvalue weighted by Crippen LogP contribution is 2.41. The minimum absolute atomic E-state index is 0.131. The molecule has 1 aliphatic rings. The van der Waals surface area contributed by atoms with Crippen molar-refractivity contribution in [2.24, 2.45) is 11.8 Å². The Labute approximate surface area is 286 Å². The highest BCUT2D eigenvalue weighted by atomic mass is 19.3. The lowest BCUT2D eigenvalue weighted by Crippen LogP contribution is -2.37. The molecular formula is C36H47F2N5O6. The van der Waals surface area contributed by atoms with Crippen LogP contribution < -0.4 is 5.32 Å². The van der Waals surface area contributed by atoms with E-state index in [0.717, 1.165) is 37.8 Å². The zero-order valence-electron chi connectivity index (χ0n) is 28.7. The van der Waals surface area contributed by atoms with Gasteiger partial charge in [-0.25, -0.2) is 23.5 Å². The van der Waals surface area contributed by atoms with Gasteiger partial charge in [0.15, 0.2) is 0 Å². The molecule has 0 spiro atoms. The third-order valence-electron chi connectivity index (χ3n) is 8.79. The van der Waals surface area contributed by atoms with E-state index in [1.165, 1.54) is 18.3 Å². The number of carbonyl (C=O) groups excluding carboxylic acids is 2. The number of esters is 1. The van der Waals surface area contributed by atoms with Crippen LogP contribution in [0.4, 0.5) is 25.2 Å². The van der Waals surface area contributed by atoms with Crippen molar-refractivity contribution in [3.8, 4) is 11.3 Å². The number of unbranched alkanes of at least 4 members (excludes halogenated alkanes) is 3. The van der Waals surface area contributed by atoms with Crippen LogP contribution >= 0.6 is 0 Å². The van der Waals surface area contributed by atoms with Gasteiger partial charge in [0.1, 0.15) is 17.2 Å². The normalized spacial score (nSPS) is 17.4. The number of carbonyl (C=O) groups is 2. The quantitative estimate of drug-likeness (QED) is 0.0893. The lowest BCUT2D eigenvalue weighted by molar-refractivity contribution is -0.160. The molecule has 0 aliphatic heterocycles. The average Bonchev–Trinajstić information content (AvgIpc) is 3.07. The molecule has 0 saturated heterocycles. The standard InChI is InChI=1S/C36H47F2N5O6/c1-24-19-29(41-32(20-24)42-31-21-26(33(37)38)15-16-39-31)27-11-14-30(40-22-27)36(2,46)28-12-9-25(10-13-28)34(44)48-23-49-35(45)47-18-8-6-5-7-17-43(3)4/h11,14-16,19-22,25,28,33,46H,5-10,12-13,17-18,23H2,1-4H3,(H,39,41,42)/t25?,28?,36-/m1/s1. The summed E-state index contributed by atoms with van der Waals surface area (Å²) in [6.45, 7) is 4.43. The predicted molar refractivity (Wildman–Crippen MR) is 180 cm³/mol. The van der Waals surface area contributed by atoms with Crippen molar-refractivity contribution < 1.29 is 37.7 Å². The SMILES string of the molecule is Cc1cc(Nc2cc(C(F)F)ccn2)nc(-c2ccc([C@](C)(O)C3CCC(C(=O)OCOC(=O)OCCCCCCN(C)C)CC3)nc2)c1. The van der Waals surface area contributed by atoms with E-state index < -0.39 is 30.9 Å². The van der Waals surface area contributed by atoms with Crippen LogP contribution in [0, 0.1) is 18.8 Å². The molecule has 3 heterocycles. The first-order valence-electron chi connectivity index (χ1n) is 16.7. The first-order chi connectivity index (χ1) is 23.4. The van der Waals surface area contributed by atoms with Gasteiger partial charge >= 0.3 is 12.1 Å². The van der Waals surface area contributed by atoms with Gasteiger partial charge in [-0.1, -0.05) is 12.8 Å². The van der Waals surface area contributed by atoms with Crippen molar-refractivity contribution in [2.75, 3.05) is 39.4 Å². The van der Waals surface area contributed by atoms with Gasteiger partial charge in [-0.3, -0.25) is 9.78 Å². The van der Waals surface area contributed by atoms with Gasteiger partial charge in [-0.2, -0.15) is 0 Å². The topological polar surface area (TPSA) is 136 Å². The zero-order valence-corrected chi connectivity index (χ0v) is 28.7. The van der Waals surface area contributed by atoms with E-state index in [9.17, 15) is 23.5 Å². The molecule has 2 N–H and O–H groups in total. The number of hydrogen-bond acceptors (Lipinski definition) is 11. The summed E-state index contributed by atoms with van der Waals surface area (Å²) in [6.07, 6.45) is 5.58. The Morgan fingerprint density at radius 2 is 1.73 bits per heavy atom. The highest BCUT2D eigenvalue weighted by Gasteiger charge is 2.39. The minimum Gasteiger partial charge on any atom is -0.434 e. The van der Waals surface area contributed by atoms with Crippen LogP contribution in [0.3, 0.4) is 0 Å². The number of aromatic nitrogens is 3. The number of rotatable bonds is 16. The predicted octanol–water partition coefficient (Wildman–Crippen LogP) is 7.32. The molecule has 4 rings (SSSR count). The second-order valence-electron chi connectivity index (χ2n) is 13.0. The van der Waals surface area contributed by atoms with Gasteiger partial charge in [0.2, 0.25) is 6.79 Å². The number of aliphatic hydroxyl groups is 1. The maximum atomic E-state index is 13.1. The fourth-order valence-electron chi connectivity index (χ4n) is 5.94. The number of nitrogens with zero attached hydrogens (tertiary/aromatic N) is 4. The van der Waals surface area contributed by atoms with Crippen molar-refractivity contribution in [3.05, 3.63) is 65.6 Å². The molecule has 1 fully saturated rings. The van der Waals surface area contributed by atoms with E-state index >= 15 is 0 Å². The molecule has 1 aliphatic carbocycles. The molecule has 266 valence electrons. The molecule has 0 radical (unpaired) electrons. The third kappa shape index (κ3) is 11.4. The molecule has 11 nitrogen and oxygen atoms in total. The molecular weight excluding hydrogens is 636 g/mol. The second-order valence-corrected chi connectivity index (χ2v) is 13.0. The van der Waals surface area contributed by atoms with Crippen molar-refractivity contribution in [2.45, 2.75) is 77.2 Å². The van der Waals surface area contributed by atoms with Gasteiger partial charge in [-0.05, 0) is 121 Å². The highest BCUT2D eigenvalue weighted by molar-refractivity contribution is 5.72. The number of ether oxygens (including phenoxy) is 3. The van der Waals surface area contributed by atoms with Gasteiger partial charge in [0, 0.05) is 23.5 Å². The van der Waals surface area contributed by atoms with Gasteiger partial charge in [0.25, 0.3) is 6.43 Å². The van der Waals surface area contributed by atoms with Crippen LogP contribution in [-0.2, 0) is 24.6 Å². The van der Waals surface area contributed by atoms with Gasteiger partial charge in [0.05, 0.1) is 23.9 Å². The van der Waals surface area contributed by atoms with Crippen LogP contribution in [0.5, 0.6) is 0 Å². The molecule has 3 aromatic heterocycles. The first kappa shape index (κ1) is 37.6. The molecule has 1 atom stereocenters. The Kier molecular flexibility index (Phi) is 13.8. The number of aryl methyl sites for hydroxylation is 1. The van der Waals surface area contributed by atoms with Crippen LogP contribution in [0.1, 0.15) is 81.5 Å². The first-order valence-corrected chi connectivity index (χ1v) is 16.7. The average molecular weight is 684 g/mol. The van der Waals surface area contributed by atoms with Gasteiger partial charge in [-0.15, -0.1) is 0 Å². The van der Waals surface area contributed by atoms with Crippen molar-refractivity contribution in [3.63, 3.8) is 0 Å². The van der Waals surface area contributed by atoms with Crippen molar-refractivity contribution in [1.29, 1.82) is 0 Å². The summed E-state index contributed by atoms with van der Waals surface area (Å²) in [7, 11) is 4.07. The summed E-state index contributed by atoms with van der Waals surface area (Å²) in [5, 5.41) is 14.5. The molecule has 49 heavy (non-hydrogen) atoms. The number of nitrogens with one attached hydrogen (secondary N) is 1. The largest absolute Gasteiger partial charge is 0.511 e. The smallest absolute Gasteiger partial charge is 0.434 e. The summed E-state index contributed by atoms with van der Waals surface area (Å²) in [5.41, 5.74) is 1.36. The Hall–Kier alpha value is -4.23. The summed E-state index contributed by atoms with van der Waals surface area (Å²) in [6, 6.07) is 9.82. The Morgan fingerprint density at radius 1 is 0.980 bits per heavy atom. The Bertz CT molecular complexity index is 1510. The van der Waals surface area contributed by atoms with Crippen LogP contribution in [0.15, 0.2) is 48.8 Å². The number of pyridine rings is 3. The molecule has 1 saturated carbocycles. The number of hydrogen-bond donors (Lipinski definition) is 2. The molecule has 0 amide bonds. The van der Waals surface area contributed by atoms with E-state index in [4.69, 9.17) is 14.2 Å². The van der Waals surface area contributed by atoms with E-state index in [-0.39, 0.29) is 29.8 Å². The Morgan fingerprint density at radius 3 is 2.43 bits per heavy atom. The lowest BCUT2D eigenvalue weighted by Gasteiger charge is -2.37. The second kappa shape index (κ2) is 18.0. The fourth-order valence-corrected chi connectivity index (χ4v) is 5.94. The molecule has 0 aromatic carbocycles. The molecule has 0 bridgehead atoms. The zero-order chi connectivity index (χ0) is 35.4. The monoisotopic (exact) mass is 683 g/mol. The van der Waals surface area contributed by atoms with Crippen LogP contribution in [-0.4, -0.2) is 71.1 Å². The van der Waals surface area contributed by atoms with E-state index in [1.807, 2.05) is 33.2 Å². The van der Waals surface area contributed by atoms with E-state index in [1.54, 1.807) is 25.3 Å². The third-order valence-corrected chi connectivity index (χ3v) is 8.79. The summed E-state index contributed by atoms with van der Waals surface area (Å²) >= 11 is 0. The number of alkyl halides is 2. The summed E-state index contributed by atoms with van der Waals surface area (Å²) < 4.78 is 41.4. The minimum atomic E-state index is -2.61. The number of anilines is 2. The molecule has 0 unspecified atom stereocenters. The van der Waals surface area contributed by atoms with E-state index in [2.05, 4.69) is 25.2 Å². The lowest BCUT2D eigenvalue weighted by atomic mass is 9.73. The van der Waals surface area contributed by atoms with Crippen molar-refractivity contribution >= 4 is 23.8 Å². The van der Waals surface area contributed by atoms with Gasteiger partial charge < -0.3 is 29.5 Å². The number of halogens is 2. The Balaban J connectivity index is 1.22.